The fourth-order valence-electron chi connectivity index (χ4n) is 5.98. The van der Waals surface area contributed by atoms with Gasteiger partial charge in [0.05, 0.1) is 24.0 Å². The highest BCUT2D eigenvalue weighted by molar-refractivity contribution is 5.73. The Morgan fingerprint density at radius 1 is 1.08 bits per heavy atom. The van der Waals surface area contributed by atoms with Crippen molar-refractivity contribution < 1.29 is 9.18 Å². The summed E-state index contributed by atoms with van der Waals surface area (Å²) in [4.78, 5) is 28.0. The van der Waals surface area contributed by atoms with E-state index in [1.54, 1.807) is 19.1 Å². The SMILES string of the molecule is CCN(C(C)=O)[C@@H]1CCN(c2cccc(-c3cnc4ccc(N5CCCC5c5cccc(F)c5)nn34)n2)C1. The van der Waals surface area contributed by atoms with Crippen LogP contribution in [0.15, 0.2) is 60.8 Å². The number of amides is 1. The van der Waals surface area contributed by atoms with Crippen molar-refractivity contribution in [3.8, 4) is 11.4 Å². The first-order valence-corrected chi connectivity index (χ1v) is 13.4. The molecule has 9 heteroatoms. The van der Waals surface area contributed by atoms with E-state index >= 15 is 0 Å². The van der Waals surface area contributed by atoms with Crippen LogP contribution < -0.4 is 9.80 Å². The van der Waals surface area contributed by atoms with E-state index in [2.05, 4.69) is 14.8 Å². The molecule has 1 aromatic carbocycles. The average molecular weight is 514 g/mol. The second-order valence-electron chi connectivity index (χ2n) is 10.1. The number of hydrogen-bond acceptors (Lipinski definition) is 6. The van der Waals surface area contributed by atoms with Crippen molar-refractivity contribution in [2.75, 3.05) is 36.0 Å². The van der Waals surface area contributed by atoms with E-state index in [9.17, 15) is 9.18 Å². The van der Waals surface area contributed by atoms with Crippen molar-refractivity contribution in [2.24, 2.45) is 0 Å². The molecular formula is C29H32FN7O. The van der Waals surface area contributed by atoms with E-state index in [-0.39, 0.29) is 23.8 Å². The lowest BCUT2D eigenvalue weighted by Crippen LogP contribution is -2.40. The van der Waals surface area contributed by atoms with Gasteiger partial charge in [-0.15, -0.1) is 5.10 Å². The van der Waals surface area contributed by atoms with Gasteiger partial charge in [-0.1, -0.05) is 18.2 Å². The number of rotatable bonds is 6. The Morgan fingerprint density at radius 3 is 2.76 bits per heavy atom. The number of nitrogens with zero attached hydrogens (tertiary/aromatic N) is 7. The number of carbonyl (C=O) groups is 1. The van der Waals surface area contributed by atoms with Crippen molar-refractivity contribution in [3.05, 3.63) is 72.2 Å². The molecule has 2 aliphatic heterocycles. The van der Waals surface area contributed by atoms with Crippen LogP contribution in [0.5, 0.6) is 0 Å². The van der Waals surface area contributed by atoms with Crippen molar-refractivity contribution in [1.82, 2.24) is 24.5 Å². The monoisotopic (exact) mass is 513 g/mol. The summed E-state index contributed by atoms with van der Waals surface area (Å²) in [6, 6.07) is 17.1. The first kappa shape index (κ1) is 24.3. The standard InChI is InChI=1S/C29H32FN7O/c1-3-35(20(2)38)23-14-16-34(19-23)28-11-5-9-24(32-28)26-18-31-27-12-13-29(33-37(26)27)36-15-6-10-25(36)21-7-4-8-22(30)17-21/h4-5,7-9,11-13,17-18,23,25H,3,6,10,14-16,19H2,1-2H3/t23-,25?/m1/s1. The van der Waals surface area contributed by atoms with Crippen LogP contribution in [0.1, 0.15) is 44.7 Å². The summed E-state index contributed by atoms with van der Waals surface area (Å²) in [6.45, 7) is 6.88. The molecule has 1 amide bonds. The molecule has 3 aromatic heterocycles. The van der Waals surface area contributed by atoms with Crippen molar-refractivity contribution >= 4 is 23.2 Å². The fraction of sp³-hybridized carbons (Fsp3) is 0.379. The second kappa shape index (κ2) is 10.0. The summed E-state index contributed by atoms with van der Waals surface area (Å²) in [5, 5.41) is 4.97. The molecule has 196 valence electrons. The van der Waals surface area contributed by atoms with Crippen LogP contribution in [0.2, 0.25) is 0 Å². The van der Waals surface area contributed by atoms with Crippen LogP contribution >= 0.6 is 0 Å². The zero-order valence-corrected chi connectivity index (χ0v) is 21.8. The van der Waals surface area contributed by atoms with Crippen molar-refractivity contribution in [2.45, 2.75) is 45.2 Å². The molecule has 4 aromatic rings. The van der Waals surface area contributed by atoms with E-state index in [0.29, 0.717) is 6.54 Å². The smallest absolute Gasteiger partial charge is 0.219 e. The molecule has 0 aliphatic carbocycles. The number of imidazole rings is 1. The maximum absolute atomic E-state index is 13.9. The summed E-state index contributed by atoms with van der Waals surface area (Å²) in [5.74, 6) is 1.63. The largest absolute Gasteiger partial charge is 0.354 e. The number of carbonyl (C=O) groups excluding carboxylic acids is 1. The number of aromatic nitrogens is 4. The van der Waals surface area contributed by atoms with Crippen molar-refractivity contribution in [3.63, 3.8) is 0 Å². The van der Waals surface area contributed by atoms with Crippen LogP contribution in [0.25, 0.3) is 17.0 Å². The quantitative estimate of drug-likeness (QED) is 0.372. The molecule has 2 saturated heterocycles. The second-order valence-corrected chi connectivity index (χ2v) is 10.1. The molecule has 6 rings (SSSR count). The van der Waals surface area contributed by atoms with Gasteiger partial charge in [0.15, 0.2) is 5.65 Å². The molecule has 5 heterocycles. The van der Waals surface area contributed by atoms with Gasteiger partial charge in [0.1, 0.15) is 23.1 Å². The van der Waals surface area contributed by atoms with E-state index in [1.165, 1.54) is 6.07 Å². The molecule has 1 unspecified atom stereocenters. The molecule has 38 heavy (non-hydrogen) atoms. The third-order valence-electron chi connectivity index (χ3n) is 7.80. The van der Waals surface area contributed by atoms with E-state index in [4.69, 9.17) is 10.1 Å². The minimum Gasteiger partial charge on any atom is -0.354 e. The molecule has 2 atom stereocenters. The van der Waals surface area contributed by atoms with Gasteiger partial charge >= 0.3 is 0 Å². The van der Waals surface area contributed by atoms with Crippen LogP contribution in [-0.2, 0) is 4.79 Å². The van der Waals surface area contributed by atoms with E-state index < -0.39 is 0 Å². The molecule has 8 nitrogen and oxygen atoms in total. The summed E-state index contributed by atoms with van der Waals surface area (Å²) in [7, 11) is 0. The number of benzene rings is 1. The zero-order valence-electron chi connectivity index (χ0n) is 21.8. The third-order valence-corrected chi connectivity index (χ3v) is 7.80. The summed E-state index contributed by atoms with van der Waals surface area (Å²) >= 11 is 0. The predicted octanol–water partition coefficient (Wildman–Crippen LogP) is 4.72. The highest BCUT2D eigenvalue weighted by atomic mass is 19.1. The predicted molar refractivity (Wildman–Crippen MR) is 146 cm³/mol. The fourth-order valence-corrected chi connectivity index (χ4v) is 5.98. The summed E-state index contributed by atoms with van der Waals surface area (Å²) in [6.07, 6.45) is 4.73. The van der Waals surface area contributed by atoms with E-state index in [0.717, 1.165) is 73.1 Å². The van der Waals surface area contributed by atoms with Crippen molar-refractivity contribution in [1.29, 1.82) is 0 Å². The number of hydrogen-bond donors (Lipinski definition) is 0. The van der Waals surface area contributed by atoms with Gasteiger partial charge in [0, 0.05) is 33.1 Å². The average Bonchev–Trinajstić information content (AvgIpc) is 3.68. The number of anilines is 2. The van der Waals surface area contributed by atoms with Crippen LogP contribution in [0, 0.1) is 5.82 Å². The van der Waals surface area contributed by atoms with Gasteiger partial charge < -0.3 is 14.7 Å². The molecule has 0 radical (unpaired) electrons. The lowest BCUT2D eigenvalue weighted by molar-refractivity contribution is -0.130. The number of halogens is 1. The van der Waals surface area contributed by atoms with Crippen LogP contribution in [0.4, 0.5) is 16.0 Å². The van der Waals surface area contributed by atoms with Gasteiger partial charge in [0.25, 0.3) is 0 Å². The third kappa shape index (κ3) is 4.46. The van der Waals surface area contributed by atoms with Crippen LogP contribution in [0.3, 0.4) is 0 Å². The maximum atomic E-state index is 13.9. The maximum Gasteiger partial charge on any atom is 0.219 e. The Labute approximate surface area is 221 Å². The molecule has 0 saturated carbocycles. The molecule has 0 bridgehead atoms. The highest BCUT2D eigenvalue weighted by Crippen LogP contribution is 2.36. The van der Waals surface area contributed by atoms with Gasteiger partial charge in [-0.2, -0.15) is 0 Å². The molecular weight excluding hydrogens is 481 g/mol. The minimum atomic E-state index is -0.214. The lowest BCUT2D eigenvalue weighted by atomic mass is 10.0. The Kier molecular flexibility index (Phi) is 6.43. The van der Waals surface area contributed by atoms with E-state index in [1.807, 2.05) is 58.9 Å². The number of fused-ring (bicyclic) bond motifs is 1. The molecule has 0 N–H and O–H groups in total. The summed E-state index contributed by atoms with van der Waals surface area (Å²) in [5.41, 5.74) is 3.34. The molecule has 0 spiro atoms. The first-order valence-electron chi connectivity index (χ1n) is 13.4. The van der Waals surface area contributed by atoms with Gasteiger partial charge in [-0.3, -0.25) is 4.79 Å². The van der Waals surface area contributed by atoms with Gasteiger partial charge in [0.2, 0.25) is 5.91 Å². The van der Waals surface area contributed by atoms with Gasteiger partial charge in [-0.25, -0.2) is 18.9 Å². The Morgan fingerprint density at radius 2 is 1.95 bits per heavy atom. The van der Waals surface area contributed by atoms with Crippen LogP contribution in [-0.4, -0.2) is 62.6 Å². The Bertz CT molecular complexity index is 1470. The highest BCUT2D eigenvalue weighted by Gasteiger charge is 2.30. The Hall–Kier alpha value is -4.01. The Balaban J connectivity index is 1.29. The molecule has 2 fully saturated rings. The zero-order chi connectivity index (χ0) is 26.2. The summed E-state index contributed by atoms with van der Waals surface area (Å²) < 4.78 is 15.8. The minimum absolute atomic E-state index is 0.0878. The topological polar surface area (TPSA) is 69.9 Å². The van der Waals surface area contributed by atoms with Gasteiger partial charge in [-0.05, 0) is 68.1 Å². The first-order chi connectivity index (χ1) is 18.5. The normalized spacial score (nSPS) is 19.4. The lowest BCUT2D eigenvalue weighted by Gasteiger charge is -2.27. The number of pyridine rings is 1. The molecule has 2 aliphatic rings. The number of likely N-dealkylation sites (N-methyl/N-ethyl adjacent to an activating group) is 1.